The molecule has 1 N–H and O–H groups in total. The van der Waals surface area contributed by atoms with E-state index in [9.17, 15) is 17.2 Å². The lowest BCUT2D eigenvalue weighted by Crippen LogP contribution is -2.32. The van der Waals surface area contributed by atoms with Crippen molar-refractivity contribution in [3.8, 4) is 0 Å². The van der Waals surface area contributed by atoms with Crippen LogP contribution < -0.4 is 5.32 Å². The van der Waals surface area contributed by atoms with E-state index in [0.717, 1.165) is 6.26 Å². The van der Waals surface area contributed by atoms with E-state index in [4.69, 9.17) is 0 Å². The molecule has 80 valence electrons. The molecule has 6 heteroatoms. The minimum atomic E-state index is -3.03. The molecule has 3 nitrogen and oxygen atoms in total. The Hall–Kier alpha value is -0.230. The van der Waals surface area contributed by atoms with Crippen LogP contribution in [0.3, 0.4) is 0 Å². The maximum atomic E-state index is 12.1. The van der Waals surface area contributed by atoms with Crippen LogP contribution in [0.15, 0.2) is 0 Å². The number of alkyl halides is 2. The molecule has 0 aliphatic carbocycles. The Kier molecular flexibility index (Phi) is 5.39. The van der Waals surface area contributed by atoms with Gasteiger partial charge >= 0.3 is 0 Å². The Labute approximate surface area is 77.4 Å². The van der Waals surface area contributed by atoms with Crippen molar-refractivity contribution in [1.82, 2.24) is 5.32 Å². The molecule has 0 aliphatic rings. The van der Waals surface area contributed by atoms with E-state index in [1.165, 1.54) is 7.05 Å². The zero-order valence-corrected chi connectivity index (χ0v) is 8.57. The molecular weight excluding hydrogens is 200 g/mol. The van der Waals surface area contributed by atoms with Gasteiger partial charge in [-0.3, -0.25) is 0 Å². The Morgan fingerprint density at radius 2 is 1.92 bits per heavy atom. The van der Waals surface area contributed by atoms with E-state index in [0.29, 0.717) is 0 Å². The lowest BCUT2D eigenvalue weighted by atomic mass is 10.2. The van der Waals surface area contributed by atoms with Gasteiger partial charge in [0.1, 0.15) is 9.84 Å². The maximum Gasteiger partial charge on any atom is 0.253 e. The van der Waals surface area contributed by atoms with E-state index in [1.807, 2.05) is 0 Å². The van der Waals surface area contributed by atoms with Crippen LogP contribution in [0.4, 0.5) is 8.78 Å². The van der Waals surface area contributed by atoms with Gasteiger partial charge in [0.05, 0.1) is 6.04 Å². The van der Waals surface area contributed by atoms with Gasteiger partial charge in [0, 0.05) is 12.0 Å². The third-order valence-corrected chi connectivity index (χ3v) is 2.74. The number of sulfone groups is 1. The minimum absolute atomic E-state index is 0.0299. The molecule has 0 spiro atoms. The largest absolute Gasteiger partial charge is 0.312 e. The van der Waals surface area contributed by atoms with Gasteiger partial charge in [-0.25, -0.2) is 17.2 Å². The summed E-state index contributed by atoms with van der Waals surface area (Å²) in [6, 6.07) is -0.901. The molecule has 0 bridgehead atoms. The minimum Gasteiger partial charge on any atom is -0.312 e. The number of hydrogen-bond donors (Lipinski definition) is 1. The van der Waals surface area contributed by atoms with Crippen molar-refractivity contribution >= 4 is 9.84 Å². The van der Waals surface area contributed by atoms with E-state index in [1.54, 1.807) is 0 Å². The van der Waals surface area contributed by atoms with Gasteiger partial charge in [-0.2, -0.15) is 0 Å². The zero-order chi connectivity index (χ0) is 10.5. The van der Waals surface area contributed by atoms with Crippen molar-refractivity contribution in [2.75, 3.05) is 19.1 Å². The fraction of sp³-hybridized carbons (Fsp3) is 1.00. The monoisotopic (exact) mass is 215 g/mol. The first kappa shape index (κ1) is 12.8. The molecule has 0 aromatic heterocycles. The molecule has 0 amide bonds. The summed E-state index contributed by atoms with van der Waals surface area (Å²) in [5.74, 6) is -0.0299. The van der Waals surface area contributed by atoms with Crippen molar-refractivity contribution in [2.45, 2.75) is 25.3 Å². The van der Waals surface area contributed by atoms with Crippen LogP contribution in [0, 0.1) is 0 Å². The third kappa shape index (κ3) is 6.89. The van der Waals surface area contributed by atoms with Crippen LogP contribution >= 0.6 is 0 Å². The molecule has 1 atom stereocenters. The van der Waals surface area contributed by atoms with E-state index in [2.05, 4.69) is 5.32 Å². The Morgan fingerprint density at radius 3 is 2.23 bits per heavy atom. The Morgan fingerprint density at radius 1 is 1.38 bits per heavy atom. The molecule has 13 heavy (non-hydrogen) atoms. The first-order valence-electron chi connectivity index (χ1n) is 4.00. The van der Waals surface area contributed by atoms with Crippen LogP contribution in [0.25, 0.3) is 0 Å². The highest BCUT2D eigenvalue weighted by Crippen LogP contribution is 2.07. The highest BCUT2D eigenvalue weighted by atomic mass is 32.2. The van der Waals surface area contributed by atoms with Crippen LogP contribution in [0.2, 0.25) is 0 Å². The number of halogens is 2. The first-order valence-corrected chi connectivity index (χ1v) is 6.06. The number of rotatable bonds is 6. The zero-order valence-electron chi connectivity index (χ0n) is 7.76. The molecule has 0 aromatic rings. The molecule has 0 aromatic carbocycles. The van der Waals surface area contributed by atoms with Gasteiger partial charge in [0.25, 0.3) is 6.43 Å². The molecule has 1 unspecified atom stereocenters. The predicted molar refractivity (Wildman–Crippen MR) is 47.8 cm³/mol. The van der Waals surface area contributed by atoms with Crippen molar-refractivity contribution in [1.29, 1.82) is 0 Å². The molecule has 0 heterocycles. The van der Waals surface area contributed by atoms with Gasteiger partial charge in [0.2, 0.25) is 0 Å². The second kappa shape index (κ2) is 5.49. The summed E-state index contributed by atoms with van der Waals surface area (Å²) in [6.45, 7) is 0. The second-order valence-electron chi connectivity index (χ2n) is 3.00. The molecule has 0 aliphatic heterocycles. The Bertz CT molecular complexity index is 229. The summed E-state index contributed by atoms with van der Waals surface area (Å²) in [7, 11) is -1.58. The quantitative estimate of drug-likeness (QED) is 0.708. The molecule has 0 radical (unpaired) electrons. The molecule has 0 fully saturated rings. The van der Waals surface area contributed by atoms with Crippen molar-refractivity contribution in [2.24, 2.45) is 0 Å². The third-order valence-electron chi connectivity index (χ3n) is 1.71. The summed E-state index contributed by atoms with van der Waals surface area (Å²) in [6.07, 6.45) is -0.885. The summed E-state index contributed by atoms with van der Waals surface area (Å²) >= 11 is 0. The van der Waals surface area contributed by atoms with Crippen LogP contribution in [0.1, 0.15) is 12.8 Å². The Balaban J connectivity index is 3.74. The summed E-state index contributed by atoms with van der Waals surface area (Å²) < 4.78 is 45.5. The lowest BCUT2D eigenvalue weighted by molar-refractivity contribution is 0.0976. The standard InChI is InChI=1S/C7H15F2NO2S/c1-10-6(7(8)9)4-3-5-13(2,11)12/h6-7,10H,3-5H2,1-2H3. The van der Waals surface area contributed by atoms with Gasteiger partial charge in [0.15, 0.2) is 0 Å². The van der Waals surface area contributed by atoms with Gasteiger partial charge in [-0.1, -0.05) is 0 Å². The maximum absolute atomic E-state index is 12.1. The summed E-state index contributed by atoms with van der Waals surface area (Å²) in [4.78, 5) is 0. The van der Waals surface area contributed by atoms with E-state index >= 15 is 0 Å². The fourth-order valence-electron chi connectivity index (χ4n) is 0.962. The van der Waals surface area contributed by atoms with Crippen molar-refractivity contribution in [3.05, 3.63) is 0 Å². The fourth-order valence-corrected chi connectivity index (χ4v) is 1.65. The average Bonchev–Trinajstić information content (AvgIpc) is 1.95. The van der Waals surface area contributed by atoms with Crippen molar-refractivity contribution in [3.63, 3.8) is 0 Å². The van der Waals surface area contributed by atoms with Gasteiger partial charge in [-0.15, -0.1) is 0 Å². The molecule has 0 rings (SSSR count). The first-order chi connectivity index (χ1) is 5.87. The van der Waals surface area contributed by atoms with Crippen molar-refractivity contribution < 1.29 is 17.2 Å². The highest BCUT2D eigenvalue weighted by molar-refractivity contribution is 7.90. The SMILES string of the molecule is CNC(CCCS(C)(=O)=O)C(F)F. The number of hydrogen-bond acceptors (Lipinski definition) is 3. The van der Waals surface area contributed by atoms with E-state index < -0.39 is 22.3 Å². The van der Waals surface area contributed by atoms with Gasteiger partial charge in [-0.05, 0) is 19.9 Å². The summed E-state index contributed by atoms with van der Waals surface area (Å²) in [5, 5.41) is 2.44. The van der Waals surface area contributed by atoms with Crippen LogP contribution in [0.5, 0.6) is 0 Å². The average molecular weight is 215 g/mol. The van der Waals surface area contributed by atoms with Crippen LogP contribution in [-0.4, -0.2) is 39.9 Å². The molecule has 0 saturated heterocycles. The molecule has 0 saturated carbocycles. The lowest BCUT2D eigenvalue weighted by Gasteiger charge is -2.13. The smallest absolute Gasteiger partial charge is 0.253 e. The summed E-state index contributed by atoms with van der Waals surface area (Å²) in [5.41, 5.74) is 0. The second-order valence-corrected chi connectivity index (χ2v) is 5.26. The number of nitrogens with one attached hydrogen (secondary N) is 1. The van der Waals surface area contributed by atoms with Crippen LogP contribution in [-0.2, 0) is 9.84 Å². The highest BCUT2D eigenvalue weighted by Gasteiger charge is 2.17. The van der Waals surface area contributed by atoms with Gasteiger partial charge < -0.3 is 5.32 Å². The predicted octanol–water partition coefficient (Wildman–Crippen LogP) is 0.664. The normalized spacial score (nSPS) is 14.8. The molecular formula is C7H15F2NO2S. The van der Waals surface area contributed by atoms with E-state index in [-0.39, 0.29) is 18.6 Å². The topological polar surface area (TPSA) is 46.2 Å².